The molecule has 2 aromatic carbocycles. The number of aryl methyl sites for hydroxylation is 1. The number of anilines is 1. The molecular formula is C19H14N4O2. The molecule has 2 N–H and O–H groups in total. The summed E-state index contributed by atoms with van der Waals surface area (Å²) in [5, 5.41) is 20.8. The van der Waals surface area contributed by atoms with E-state index >= 15 is 0 Å². The highest BCUT2D eigenvalue weighted by Gasteiger charge is 2.20. The van der Waals surface area contributed by atoms with Gasteiger partial charge in [-0.15, -0.1) is 0 Å². The summed E-state index contributed by atoms with van der Waals surface area (Å²) >= 11 is 0. The Hall–Kier alpha value is -3.72. The van der Waals surface area contributed by atoms with Crippen molar-refractivity contribution in [3.63, 3.8) is 0 Å². The number of nitro benzene ring substituents is 1. The van der Waals surface area contributed by atoms with Crippen LogP contribution in [-0.2, 0) is 0 Å². The van der Waals surface area contributed by atoms with Crippen LogP contribution in [0.3, 0.4) is 0 Å². The predicted octanol–water partition coefficient (Wildman–Crippen LogP) is 4.09. The molecule has 25 heavy (non-hydrogen) atoms. The Balaban J connectivity index is 2.33. The van der Waals surface area contributed by atoms with E-state index in [1.54, 1.807) is 24.3 Å². The van der Waals surface area contributed by atoms with Gasteiger partial charge in [0.1, 0.15) is 17.5 Å². The second kappa shape index (κ2) is 6.42. The van der Waals surface area contributed by atoms with Crippen molar-refractivity contribution in [2.45, 2.75) is 6.92 Å². The third-order valence-electron chi connectivity index (χ3n) is 3.97. The lowest BCUT2D eigenvalue weighted by atomic mass is 9.96. The summed E-state index contributed by atoms with van der Waals surface area (Å²) < 4.78 is 0. The molecule has 0 bridgehead atoms. The molecule has 0 saturated heterocycles. The van der Waals surface area contributed by atoms with Crippen LogP contribution in [0.25, 0.3) is 22.4 Å². The van der Waals surface area contributed by atoms with Crippen LogP contribution in [0, 0.1) is 28.4 Å². The van der Waals surface area contributed by atoms with Crippen LogP contribution in [0.15, 0.2) is 54.6 Å². The summed E-state index contributed by atoms with van der Waals surface area (Å²) in [7, 11) is 0. The van der Waals surface area contributed by atoms with E-state index in [1.165, 1.54) is 6.07 Å². The first-order valence-corrected chi connectivity index (χ1v) is 7.53. The summed E-state index contributed by atoms with van der Waals surface area (Å²) in [5.74, 6) is 0.0522. The number of hydrogen-bond donors (Lipinski definition) is 1. The second-order valence-electron chi connectivity index (χ2n) is 5.52. The van der Waals surface area contributed by atoms with Crippen molar-refractivity contribution >= 4 is 11.5 Å². The van der Waals surface area contributed by atoms with Crippen molar-refractivity contribution in [1.82, 2.24) is 4.98 Å². The van der Waals surface area contributed by atoms with Crippen LogP contribution in [0.5, 0.6) is 0 Å². The molecule has 0 atom stereocenters. The maximum Gasteiger partial charge on any atom is 0.277 e. The first kappa shape index (κ1) is 16.1. The first-order valence-electron chi connectivity index (χ1n) is 7.53. The molecule has 1 heterocycles. The van der Waals surface area contributed by atoms with Crippen molar-refractivity contribution < 1.29 is 4.92 Å². The lowest BCUT2D eigenvalue weighted by Crippen LogP contribution is -2.01. The molecule has 3 rings (SSSR count). The number of aromatic nitrogens is 1. The van der Waals surface area contributed by atoms with Gasteiger partial charge in [0.05, 0.1) is 16.2 Å². The maximum absolute atomic E-state index is 11.4. The molecule has 0 aliphatic rings. The van der Waals surface area contributed by atoms with Gasteiger partial charge in [0, 0.05) is 17.2 Å². The molecule has 0 spiro atoms. The molecule has 0 radical (unpaired) electrons. The van der Waals surface area contributed by atoms with Gasteiger partial charge < -0.3 is 5.73 Å². The fourth-order valence-corrected chi connectivity index (χ4v) is 2.75. The zero-order chi connectivity index (χ0) is 18.0. The monoisotopic (exact) mass is 330 g/mol. The number of para-hydroxylation sites is 1. The summed E-state index contributed by atoms with van der Waals surface area (Å²) in [5.41, 5.74) is 9.20. The van der Waals surface area contributed by atoms with Crippen molar-refractivity contribution in [2.75, 3.05) is 5.73 Å². The SMILES string of the molecule is Cc1ccccc1-c1cc(-c2ccccc2[N+](=O)[O-])c(C#N)c(N)n1. The zero-order valence-corrected chi connectivity index (χ0v) is 13.4. The highest BCUT2D eigenvalue weighted by molar-refractivity contribution is 5.84. The Bertz CT molecular complexity index is 1020. The molecule has 1 aromatic heterocycles. The van der Waals surface area contributed by atoms with E-state index in [2.05, 4.69) is 4.98 Å². The van der Waals surface area contributed by atoms with Gasteiger partial charge in [-0.2, -0.15) is 5.26 Å². The van der Waals surface area contributed by atoms with Gasteiger partial charge >= 0.3 is 0 Å². The minimum absolute atomic E-state index is 0.0522. The molecule has 0 aliphatic carbocycles. The Labute approximate surface area is 144 Å². The average Bonchev–Trinajstić information content (AvgIpc) is 2.61. The van der Waals surface area contributed by atoms with Crippen molar-refractivity contribution in [3.05, 3.63) is 75.8 Å². The fourth-order valence-electron chi connectivity index (χ4n) is 2.75. The van der Waals surface area contributed by atoms with Gasteiger partial charge in [-0.25, -0.2) is 4.98 Å². The third-order valence-corrected chi connectivity index (χ3v) is 3.97. The number of pyridine rings is 1. The van der Waals surface area contributed by atoms with Gasteiger partial charge in [0.2, 0.25) is 0 Å². The van der Waals surface area contributed by atoms with Crippen molar-refractivity contribution in [3.8, 4) is 28.5 Å². The summed E-state index contributed by atoms with van der Waals surface area (Å²) in [6.45, 7) is 1.94. The predicted molar refractivity (Wildman–Crippen MR) is 95.6 cm³/mol. The van der Waals surface area contributed by atoms with E-state index < -0.39 is 4.92 Å². The molecule has 3 aromatic rings. The van der Waals surface area contributed by atoms with E-state index in [4.69, 9.17) is 5.73 Å². The van der Waals surface area contributed by atoms with Gasteiger partial charge in [-0.05, 0) is 24.6 Å². The normalized spacial score (nSPS) is 10.2. The highest BCUT2D eigenvalue weighted by atomic mass is 16.6. The third kappa shape index (κ3) is 2.91. The smallest absolute Gasteiger partial charge is 0.277 e. The molecule has 0 unspecified atom stereocenters. The Morgan fingerprint density at radius 1 is 1.08 bits per heavy atom. The highest BCUT2D eigenvalue weighted by Crippen LogP contribution is 2.36. The number of nitrogens with two attached hydrogens (primary N) is 1. The van der Waals surface area contributed by atoms with Gasteiger partial charge in [-0.3, -0.25) is 10.1 Å². The summed E-state index contributed by atoms with van der Waals surface area (Å²) in [6, 6.07) is 17.6. The van der Waals surface area contributed by atoms with Crippen LogP contribution in [0.4, 0.5) is 11.5 Å². The lowest BCUT2D eigenvalue weighted by molar-refractivity contribution is -0.384. The molecule has 0 aliphatic heterocycles. The van der Waals surface area contributed by atoms with Crippen LogP contribution >= 0.6 is 0 Å². The van der Waals surface area contributed by atoms with Gasteiger partial charge in [0.25, 0.3) is 5.69 Å². The van der Waals surface area contributed by atoms with Crippen LogP contribution in [0.2, 0.25) is 0 Å². The van der Waals surface area contributed by atoms with Gasteiger partial charge in [0.15, 0.2) is 0 Å². The fraction of sp³-hybridized carbons (Fsp3) is 0.0526. The van der Waals surface area contributed by atoms with Crippen molar-refractivity contribution in [1.29, 1.82) is 5.26 Å². The Morgan fingerprint density at radius 3 is 2.36 bits per heavy atom. The number of benzene rings is 2. The number of hydrogen-bond acceptors (Lipinski definition) is 5. The number of nitrogens with zero attached hydrogens (tertiary/aromatic N) is 3. The molecule has 6 heteroatoms. The summed E-state index contributed by atoms with van der Waals surface area (Å²) in [4.78, 5) is 15.2. The molecule has 122 valence electrons. The van der Waals surface area contributed by atoms with Crippen LogP contribution < -0.4 is 5.73 Å². The van der Waals surface area contributed by atoms with Crippen molar-refractivity contribution in [2.24, 2.45) is 0 Å². The summed E-state index contributed by atoms with van der Waals surface area (Å²) in [6.07, 6.45) is 0. The second-order valence-corrected chi connectivity index (χ2v) is 5.52. The lowest BCUT2D eigenvalue weighted by Gasteiger charge is -2.12. The first-order chi connectivity index (χ1) is 12.0. The van der Waals surface area contributed by atoms with Gasteiger partial charge in [-0.1, -0.05) is 36.4 Å². The number of nitrogen functional groups attached to an aromatic ring is 1. The largest absolute Gasteiger partial charge is 0.383 e. The minimum Gasteiger partial charge on any atom is -0.383 e. The maximum atomic E-state index is 11.4. The van der Waals surface area contributed by atoms with E-state index in [-0.39, 0.29) is 17.1 Å². The standard InChI is InChI=1S/C19H14N4O2/c1-12-6-2-3-7-13(12)17-10-15(16(11-20)19(21)22-17)14-8-4-5-9-18(14)23(24)25/h2-10H,1H3,(H2,21,22). The number of nitriles is 1. The Morgan fingerprint density at radius 2 is 1.72 bits per heavy atom. The molecule has 0 amide bonds. The van der Waals surface area contributed by atoms with E-state index in [0.717, 1.165) is 11.1 Å². The van der Waals surface area contributed by atoms with Crippen LogP contribution in [-0.4, -0.2) is 9.91 Å². The topological polar surface area (TPSA) is 106 Å². The molecule has 0 fully saturated rings. The quantitative estimate of drug-likeness (QED) is 0.575. The number of nitro groups is 1. The minimum atomic E-state index is -0.472. The average molecular weight is 330 g/mol. The van der Waals surface area contributed by atoms with E-state index in [0.29, 0.717) is 16.8 Å². The zero-order valence-electron chi connectivity index (χ0n) is 13.4. The van der Waals surface area contributed by atoms with E-state index in [1.807, 2.05) is 37.3 Å². The molecular weight excluding hydrogens is 316 g/mol. The number of rotatable bonds is 3. The Kier molecular flexibility index (Phi) is 4.14. The van der Waals surface area contributed by atoms with Crippen LogP contribution in [0.1, 0.15) is 11.1 Å². The van der Waals surface area contributed by atoms with E-state index in [9.17, 15) is 15.4 Å². The molecule has 0 saturated carbocycles. The molecule has 6 nitrogen and oxygen atoms in total.